The zero-order valence-electron chi connectivity index (χ0n) is 12.1. The number of thiophene rings is 1. The van der Waals surface area contributed by atoms with Crippen LogP contribution in [-0.4, -0.2) is 27.6 Å². The van der Waals surface area contributed by atoms with Crippen LogP contribution in [-0.2, 0) is 0 Å². The first-order chi connectivity index (χ1) is 9.35. The van der Waals surface area contributed by atoms with Crippen LogP contribution in [0.1, 0.15) is 42.4 Å². The summed E-state index contributed by atoms with van der Waals surface area (Å²) in [4.78, 5) is 20.7. The highest BCUT2D eigenvalue weighted by Gasteiger charge is 2.20. The molecule has 0 aliphatic carbocycles. The molecule has 0 atom stereocenters. The van der Waals surface area contributed by atoms with Gasteiger partial charge in [0.1, 0.15) is 21.9 Å². The first-order valence-corrected chi connectivity index (χ1v) is 7.38. The van der Waals surface area contributed by atoms with Crippen LogP contribution >= 0.6 is 11.3 Å². The van der Waals surface area contributed by atoms with Crippen LogP contribution < -0.4 is 5.32 Å². The molecule has 108 valence electrons. The fourth-order valence-electron chi connectivity index (χ4n) is 1.86. The first-order valence-electron chi connectivity index (χ1n) is 6.57. The number of hydrogen-bond acceptors (Lipinski definition) is 5. The lowest BCUT2D eigenvalue weighted by atomic mass is 9.90. The number of nitrogens with zero attached hydrogens (tertiary/aromatic N) is 2. The topological polar surface area (TPSA) is 75.1 Å². The summed E-state index contributed by atoms with van der Waals surface area (Å²) >= 11 is 1.19. The van der Waals surface area contributed by atoms with Gasteiger partial charge in [-0.15, -0.1) is 11.3 Å². The van der Waals surface area contributed by atoms with Gasteiger partial charge in [-0.05, 0) is 24.3 Å². The second kappa shape index (κ2) is 5.36. The first kappa shape index (κ1) is 14.7. The average Bonchev–Trinajstić information content (AvgIpc) is 2.75. The van der Waals surface area contributed by atoms with Crippen LogP contribution in [0, 0.1) is 12.3 Å². The van der Waals surface area contributed by atoms with E-state index < -0.39 is 5.97 Å². The molecule has 2 aromatic heterocycles. The van der Waals surface area contributed by atoms with Gasteiger partial charge in [0, 0.05) is 6.54 Å². The number of rotatable bonds is 5. The Morgan fingerprint density at radius 3 is 2.75 bits per heavy atom. The van der Waals surface area contributed by atoms with Crippen LogP contribution in [0.4, 0.5) is 5.82 Å². The van der Waals surface area contributed by atoms with Crippen LogP contribution in [0.2, 0.25) is 0 Å². The summed E-state index contributed by atoms with van der Waals surface area (Å²) in [6.45, 7) is 9.10. The number of fused-ring (bicyclic) bond motifs is 1. The van der Waals surface area contributed by atoms with Crippen molar-refractivity contribution < 1.29 is 9.90 Å². The zero-order valence-corrected chi connectivity index (χ0v) is 13.0. The molecule has 5 nitrogen and oxygen atoms in total. The van der Waals surface area contributed by atoms with Crippen molar-refractivity contribution in [2.24, 2.45) is 5.41 Å². The van der Waals surface area contributed by atoms with Crippen molar-refractivity contribution in [3.8, 4) is 0 Å². The molecule has 0 fully saturated rings. The lowest BCUT2D eigenvalue weighted by molar-refractivity contribution is 0.0701. The zero-order chi connectivity index (χ0) is 14.9. The molecule has 6 heteroatoms. The number of aryl methyl sites for hydroxylation is 1. The van der Waals surface area contributed by atoms with E-state index in [4.69, 9.17) is 0 Å². The number of carboxylic acid groups (broad SMARTS) is 1. The Morgan fingerprint density at radius 2 is 2.15 bits per heavy atom. The quantitative estimate of drug-likeness (QED) is 0.881. The van der Waals surface area contributed by atoms with Crippen molar-refractivity contribution in [2.45, 2.75) is 34.1 Å². The molecule has 0 amide bonds. The lowest BCUT2D eigenvalue weighted by Crippen LogP contribution is -2.22. The van der Waals surface area contributed by atoms with E-state index in [1.54, 1.807) is 0 Å². The van der Waals surface area contributed by atoms with Crippen molar-refractivity contribution in [1.29, 1.82) is 0 Å². The largest absolute Gasteiger partial charge is 0.477 e. The van der Waals surface area contributed by atoms with Gasteiger partial charge < -0.3 is 10.4 Å². The second-order valence-corrected chi connectivity index (χ2v) is 6.63. The molecule has 2 aromatic rings. The fourth-order valence-corrected chi connectivity index (χ4v) is 2.85. The monoisotopic (exact) mass is 293 g/mol. The van der Waals surface area contributed by atoms with E-state index in [0.717, 1.165) is 29.7 Å². The molecule has 0 saturated carbocycles. The Morgan fingerprint density at radius 1 is 1.45 bits per heavy atom. The third kappa shape index (κ3) is 2.75. The maximum absolute atomic E-state index is 11.2. The van der Waals surface area contributed by atoms with Crippen LogP contribution in [0.5, 0.6) is 0 Å². The van der Waals surface area contributed by atoms with Crippen molar-refractivity contribution in [3.63, 3.8) is 0 Å². The fraction of sp³-hybridized carbons (Fsp3) is 0.500. The molecule has 0 unspecified atom stereocenters. The van der Waals surface area contributed by atoms with Gasteiger partial charge in [-0.2, -0.15) is 0 Å². The number of carbonyl (C=O) groups is 1. The Hall–Kier alpha value is -1.69. The minimum atomic E-state index is -0.912. The molecule has 0 bridgehead atoms. The standard InChI is InChI=1S/C14H19N3O2S/c1-5-14(3,4)6-15-11-9-8(2)10(13(18)19)20-12(9)17-7-16-11/h7H,5-6H2,1-4H3,(H,18,19)(H,15,16,17). The summed E-state index contributed by atoms with van der Waals surface area (Å²) < 4.78 is 0. The van der Waals surface area contributed by atoms with Crippen molar-refractivity contribution >= 4 is 33.3 Å². The highest BCUT2D eigenvalue weighted by atomic mass is 32.1. The van der Waals surface area contributed by atoms with E-state index in [-0.39, 0.29) is 5.41 Å². The third-order valence-electron chi connectivity index (χ3n) is 3.61. The minimum Gasteiger partial charge on any atom is -0.477 e. The predicted octanol–water partition coefficient (Wildman–Crippen LogP) is 3.55. The van der Waals surface area contributed by atoms with Gasteiger partial charge in [0.25, 0.3) is 0 Å². The number of aromatic nitrogens is 2. The number of carboxylic acids is 1. The van der Waals surface area contributed by atoms with Gasteiger partial charge >= 0.3 is 5.97 Å². The molecule has 0 aliphatic rings. The van der Waals surface area contributed by atoms with Gasteiger partial charge in [-0.25, -0.2) is 14.8 Å². The van der Waals surface area contributed by atoms with E-state index in [2.05, 4.69) is 36.1 Å². The lowest BCUT2D eigenvalue weighted by Gasteiger charge is -2.23. The Bertz CT molecular complexity index is 649. The maximum atomic E-state index is 11.2. The van der Waals surface area contributed by atoms with Gasteiger partial charge in [-0.1, -0.05) is 20.8 Å². The number of hydrogen-bond donors (Lipinski definition) is 2. The molecule has 2 rings (SSSR count). The molecular formula is C14H19N3O2S. The molecule has 0 spiro atoms. The smallest absolute Gasteiger partial charge is 0.346 e. The number of nitrogens with one attached hydrogen (secondary N) is 1. The normalized spacial score (nSPS) is 11.8. The van der Waals surface area contributed by atoms with E-state index in [9.17, 15) is 9.90 Å². The van der Waals surface area contributed by atoms with Crippen molar-refractivity contribution in [2.75, 3.05) is 11.9 Å². The molecule has 20 heavy (non-hydrogen) atoms. The van der Waals surface area contributed by atoms with Gasteiger partial charge in [-0.3, -0.25) is 0 Å². The van der Waals surface area contributed by atoms with Gasteiger partial charge in [0.2, 0.25) is 0 Å². The molecule has 0 radical (unpaired) electrons. The summed E-state index contributed by atoms with van der Waals surface area (Å²) in [6, 6.07) is 0. The summed E-state index contributed by atoms with van der Waals surface area (Å²) in [5.74, 6) is -0.192. The molecule has 2 N–H and O–H groups in total. The summed E-state index contributed by atoms with van der Waals surface area (Å²) in [6.07, 6.45) is 2.53. The minimum absolute atomic E-state index is 0.164. The molecule has 2 heterocycles. The molecule has 0 saturated heterocycles. The maximum Gasteiger partial charge on any atom is 0.346 e. The number of aromatic carboxylic acids is 1. The third-order valence-corrected chi connectivity index (χ3v) is 4.80. The number of anilines is 1. The Kier molecular flexibility index (Phi) is 3.94. The molecular weight excluding hydrogens is 274 g/mol. The Labute approximate surface area is 122 Å². The highest BCUT2D eigenvalue weighted by molar-refractivity contribution is 7.20. The van der Waals surface area contributed by atoms with E-state index in [0.29, 0.717) is 9.71 Å². The SMILES string of the molecule is CCC(C)(C)CNc1ncnc2sc(C(=O)O)c(C)c12. The Balaban J connectivity index is 2.42. The van der Waals surface area contributed by atoms with E-state index in [1.165, 1.54) is 17.7 Å². The van der Waals surface area contributed by atoms with Crippen LogP contribution in [0.3, 0.4) is 0 Å². The highest BCUT2D eigenvalue weighted by Crippen LogP contribution is 2.33. The van der Waals surface area contributed by atoms with Crippen LogP contribution in [0.15, 0.2) is 6.33 Å². The molecule has 0 aliphatic heterocycles. The average molecular weight is 293 g/mol. The molecule has 0 aromatic carbocycles. The summed E-state index contributed by atoms with van der Waals surface area (Å²) in [5.41, 5.74) is 0.895. The summed E-state index contributed by atoms with van der Waals surface area (Å²) in [5, 5.41) is 13.4. The van der Waals surface area contributed by atoms with Crippen molar-refractivity contribution in [3.05, 3.63) is 16.8 Å². The second-order valence-electron chi connectivity index (χ2n) is 5.64. The van der Waals surface area contributed by atoms with Gasteiger partial charge in [0.15, 0.2) is 0 Å². The van der Waals surface area contributed by atoms with E-state index in [1.807, 2.05) is 6.92 Å². The van der Waals surface area contributed by atoms with E-state index >= 15 is 0 Å². The van der Waals surface area contributed by atoms with Gasteiger partial charge in [0.05, 0.1) is 5.39 Å². The summed E-state index contributed by atoms with van der Waals surface area (Å²) in [7, 11) is 0. The van der Waals surface area contributed by atoms with Crippen molar-refractivity contribution in [1.82, 2.24) is 9.97 Å². The van der Waals surface area contributed by atoms with Crippen LogP contribution in [0.25, 0.3) is 10.2 Å². The predicted molar refractivity (Wildman–Crippen MR) is 81.7 cm³/mol.